The minimum Gasteiger partial charge on any atom is -0.324 e. The molecule has 0 bridgehead atoms. The second-order valence-electron chi connectivity index (χ2n) is 6.46. The first kappa shape index (κ1) is 18.9. The van der Waals surface area contributed by atoms with Crippen LogP contribution in [-0.2, 0) is 4.79 Å². The molecule has 4 rings (SSSR count). The van der Waals surface area contributed by atoms with Crippen LogP contribution in [0.15, 0.2) is 42.7 Å². The van der Waals surface area contributed by atoms with Crippen LogP contribution in [0.2, 0.25) is 0 Å². The van der Waals surface area contributed by atoms with E-state index in [1.807, 2.05) is 0 Å². The van der Waals surface area contributed by atoms with Gasteiger partial charge in [0.2, 0.25) is 5.91 Å². The molecule has 0 radical (unpaired) electrons. The fourth-order valence-corrected chi connectivity index (χ4v) is 3.11. The molecule has 0 spiro atoms. The summed E-state index contributed by atoms with van der Waals surface area (Å²) >= 11 is 0. The van der Waals surface area contributed by atoms with Crippen molar-refractivity contribution in [2.75, 3.05) is 11.9 Å². The predicted molar refractivity (Wildman–Crippen MR) is 101 cm³/mol. The summed E-state index contributed by atoms with van der Waals surface area (Å²) in [5.74, 6) is -2.27. The van der Waals surface area contributed by atoms with E-state index in [9.17, 15) is 24.5 Å². The quantitative estimate of drug-likeness (QED) is 0.375. The van der Waals surface area contributed by atoms with Gasteiger partial charge in [-0.05, 0) is 41.1 Å². The van der Waals surface area contributed by atoms with E-state index in [0.717, 1.165) is 11.6 Å². The summed E-state index contributed by atoms with van der Waals surface area (Å²) in [6.07, 6.45) is 1.39. The molecule has 0 saturated heterocycles. The van der Waals surface area contributed by atoms with Crippen LogP contribution in [0, 0.1) is 17.0 Å². The van der Waals surface area contributed by atoms with E-state index < -0.39 is 34.9 Å². The van der Waals surface area contributed by atoms with Crippen molar-refractivity contribution in [2.45, 2.75) is 6.92 Å². The van der Waals surface area contributed by atoms with Crippen molar-refractivity contribution >= 4 is 29.1 Å². The summed E-state index contributed by atoms with van der Waals surface area (Å²) in [5.41, 5.74) is 0.890. The SMILES string of the molecule is Cc1ccc(-n2cnnn2)cc1NC(=O)CN1C(=O)c2cccc([N+](=O)[O-])c2C1=O. The van der Waals surface area contributed by atoms with E-state index in [4.69, 9.17) is 0 Å². The third-order valence-electron chi connectivity index (χ3n) is 4.58. The summed E-state index contributed by atoms with van der Waals surface area (Å²) < 4.78 is 1.40. The van der Waals surface area contributed by atoms with Gasteiger partial charge in [-0.2, -0.15) is 0 Å². The Kier molecular flexibility index (Phi) is 4.50. The number of carbonyl (C=O) groups is 3. The molecule has 3 amide bonds. The first-order chi connectivity index (χ1) is 14.4. The molecule has 3 aromatic rings. The van der Waals surface area contributed by atoms with Crippen molar-refractivity contribution in [1.29, 1.82) is 0 Å². The van der Waals surface area contributed by atoms with Gasteiger partial charge in [0.25, 0.3) is 17.5 Å². The Bertz CT molecular complexity index is 1210. The van der Waals surface area contributed by atoms with Crippen molar-refractivity contribution in [2.24, 2.45) is 0 Å². The summed E-state index contributed by atoms with van der Waals surface area (Å²) in [5, 5.41) is 24.7. The first-order valence-electron chi connectivity index (χ1n) is 8.64. The Labute approximate surface area is 168 Å². The molecule has 30 heavy (non-hydrogen) atoms. The number of fused-ring (bicyclic) bond motifs is 1. The second kappa shape index (κ2) is 7.16. The second-order valence-corrected chi connectivity index (χ2v) is 6.46. The zero-order chi connectivity index (χ0) is 21.4. The van der Waals surface area contributed by atoms with Gasteiger partial charge in [-0.3, -0.25) is 29.4 Å². The van der Waals surface area contributed by atoms with E-state index in [2.05, 4.69) is 20.8 Å². The van der Waals surface area contributed by atoms with Crippen LogP contribution in [0.3, 0.4) is 0 Å². The number of rotatable bonds is 5. The number of amides is 3. The molecule has 2 heterocycles. The molecule has 0 atom stereocenters. The highest BCUT2D eigenvalue weighted by molar-refractivity contribution is 6.24. The van der Waals surface area contributed by atoms with Gasteiger partial charge in [0.05, 0.1) is 16.2 Å². The van der Waals surface area contributed by atoms with Gasteiger partial charge in [-0.1, -0.05) is 12.1 Å². The highest BCUT2D eigenvalue weighted by Crippen LogP contribution is 2.30. The van der Waals surface area contributed by atoms with E-state index >= 15 is 0 Å². The number of benzene rings is 2. The van der Waals surface area contributed by atoms with Gasteiger partial charge >= 0.3 is 0 Å². The van der Waals surface area contributed by atoms with Crippen LogP contribution in [0.25, 0.3) is 5.69 Å². The molecule has 12 nitrogen and oxygen atoms in total. The fraction of sp³-hybridized carbons (Fsp3) is 0.111. The van der Waals surface area contributed by atoms with Gasteiger partial charge in [0.15, 0.2) is 0 Å². The van der Waals surface area contributed by atoms with Crippen LogP contribution in [0.4, 0.5) is 11.4 Å². The Balaban J connectivity index is 1.55. The molecular formula is C18H13N7O5. The first-order valence-corrected chi connectivity index (χ1v) is 8.64. The van der Waals surface area contributed by atoms with Crippen molar-refractivity contribution in [1.82, 2.24) is 25.1 Å². The average molecular weight is 407 g/mol. The van der Waals surface area contributed by atoms with Crippen molar-refractivity contribution in [3.05, 3.63) is 69.5 Å². The maximum absolute atomic E-state index is 12.6. The lowest BCUT2D eigenvalue weighted by atomic mass is 10.1. The molecular weight excluding hydrogens is 394 g/mol. The number of tetrazole rings is 1. The Hall–Kier alpha value is -4.48. The number of hydrogen-bond donors (Lipinski definition) is 1. The van der Waals surface area contributed by atoms with Crippen LogP contribution < -0.4 is 5.32 Å². The van der Waals surface area contributed by atoms with Crippen LogP contribution in [-0.4, -0.2) is 54.3 Å². The van der Waals surface area contributed by atoms with E-state index in [0.29, 0.717) is 16.3 Å². The number of nitrogens with zero attached hydrogens (tertiary/aromatic N) is 6. The molecule has 2 aromatic carbocycles. The maximum atomic E-state index is 12.6. The molecule has 0 unspecified atom stereocenters. The largest absolute Gasteiger partial charge is 0.324 e. The number of aryl methyl sites for hydroxylation is 1. The van der Waals surface area contributed by atoms with E-state index in [-0.39, 0.29) is 11.1 Å². The summed E-state index contributed by atoms with van der Waals surface area (Å²) in [4.78, 5) is 48.8. The molecule has 1 aliphatic heterocycles. The smallest absolute Gasteiger partial charge is 0.282 e. The molecule has 1 aromatic heterocycles. The number of aromatic nitrogens is 4. The Morgan fingerprint density at radius 3 is 2.70 bits per heavy atom. The number of anilines is 1. The molecule has 150 valence electrons. The summed E-state index contributed by atoms with van der Waals surface area (Å²) in [7, 11) is 0. The number of hydrogen-bond acceptors (Lipinski definition) is 8. The third kappa shape index (κ3) is 3.15. The Morgan fingerprint density at radius 1 is 1.20 bits per heavy atom. The lowest BCUT2D eigenvalue weighted by Crippen LogP contribution is -2.37. The van der Waals surface area contributed by atoms with Crippen molar-refractivity contribution in [3.8, 4) is 5.69 Å². The molecule has 12 heteroatoms. The molecule has 0 fully saturated rings. The zero-order valence-corrected chi connectivity index (χ0v) is 15.5. The van der Waals surface area contributed by atoms with Crippen LogP contribution in [0.1, 0.15) is 26.3 Å². The lowest BCUT2D eigenvalue weighted by Gasteiger charge is -2.15. The minimum absolute atomic E-state index is 0.0983. The van der Waals surface area contributed by atoms with Gasteiger partial charge < -0.3 is 5.32 Å². The molecule has 1 aliphatic rings. The average Bonchev–Trinajstić information content (AvgIpc) is 3.33. The van der Waals surface area contributed by atoms with E-state index in [1.54, 1.807) is 25.1 Å². The molecule has 1 N–H and O–H groups in total. The number of nitrogens with one attached hydrogen (secondary N) is 1. The third-order valence-corrected chi connectivity index (χ3v) is 4.58. The number of nitro benzene ring substituents is 1. The number of imide groups is 1. The fourth-order valence-electron chi connectivity index (χ4n) is 3.11. The van der Waals surface area contributed by atoms with E-state index in [1.165, 1.54) is 23.1 Å². The van der Waals surface area contributed by atoms with Crippen molar-refractivity contribution in [3.63, 3.8) is 0 Å². The predicted octanol–water partition coefficient (Wildman–Crippen LogP) is 1.11. The van der Waals surface area contributed by atoms with Crippen LogP contribution in [0.5, 0.6) is 0 Å². The highest BCUT2D eigenvalue weighted by Gasteiger charge is 2.41. The topological polar surface area (TPSA) is 153 Å². The van der Waals surface area contributed by atoms with Crippen molar-refractivity contribution < 1.29 is 19.3 Å². The zero-order valence-electron chi connectivity index (χ0n) is 15.5. The highest BCUT2D eigenvalue weighted by atomic mass is 16.6. The summed E-state index contributed by atoms with van der Waals surface area (Å²) in [6, 6.07) is 8.92. The van der Waals surface area contributed by atoms with Gasteiger partial charge in [0, 0.05) is 11.8 Å². The molecule has 0 aliphatic carbocycles. The van der Waals surface area contributed by atoms with Gasteiger partial charge in [-0.25, -0.2) is 4.68 Å². The number of nitro groups is 1. The minimum atomic E-state index is -0.878. The van der Waals surface area contributed by atoms with Gasteiger partial charge in [0.1, 0.15) is 18.4 Å². The monoisotopic (exact) mass is 407 g/mol. The normalized spacial score (nSPS) is 12.8. The van der Waals surface area contributed by atoms with Crippen LogP contribution >= 0.6 is 0 Å². The molecule has 0 saturated carbocycles. The van der Waals surface area contributed by atoms with Gasteiger partial charge in [-0.15, -0.1) is 5.10 Å². The maximum Gasteiger partial charge on any atom is 0.282 e. The summed E-state index contributed by atoms with van der Waals surface area (Å²) in [6.45, 7) is 1.18. The Morgan fingerprint density at radius 2 is 2.00 bits per heavy atom. The lowest BCUT2D eigenvalue weighted by molar-refractivity contribution is -0.385. The standard InChI is InChI=1S/C18H13N7O5/c1-10-5-6-11(24-9-19-21-22-24)7-13(10)20-15(26)8-23-17(27)12-3-2-4-14(25(29)30)16(12)18(23)28/h2-7,9H,8H2,1H3,(H,20,26). The number of carbonyl (C=O) groups excluding carboxylic acids is 3.